The van der Waals surface area contributed by atoms with Crippen LogP contribution in [0.15, 0.2) is 42.5 Å². The average molecular weight is 472 g/mol. The fraction of sp³-hybridized carbons (Fsp3) is 0.227. The Labute approximate surface area is 191 Å². The number of imide groups is 2. The van der Waals surface area contributed by atoms with Gasteiger partial charge in [0.15, 0.2) is 0 Å². The molecule has 2 aromatic rings. The molecule has 176 valence electrons. The van der Waals surface area contributed by atoms with Gasteiger partial charge >= 0.3 is 12.6 Å². The summed E-state index contributed by atoms with van der Waals surface area (Å²) in [4.78, 5) is 63.7. The van der Waals surface area contributed by atoms with E-state index in [1.165, 1.54) is 56.4 Å². The molecule has 10 nitrogen and oxygen atoms in total. The van der Waals surface area contributed by atoms with Gasteiger partial charge in [-0.1, -0.05) is 12.1 Å². The number of urea groups is 1. The molecule has 1 fully saturated rings. The zero-order chi connectivity index (χ0) is 24.8. The number of carbonyl (C=O) groups excluding carboxylic acids is 5. The number of benzene rings is 2. The summed E-state index contributed by atoms with van der Waals surface area (Å²) in [5, 5.41) is 5.01. The summed E-state index contributed by atoms with van der Waals surface area (Å²) in [6.07, 6.45) is 0. The minimum absolute atomic E-state index is 0.115. The van der Waals surface area contributed by atoms with E-state index < -0.39 is 48.4 Å². The van der Waals surface area contributed by atoms with Gasteiger partial charge in [-0.3, -0.25) is 29.0 Å². The van der Waals surface area contributed by atoms with E-state index in [0.29, 0.717) is 10.5 Å². The number of hydrogen-bond donors (Lipinski definition) is 2. The molecular weight excluding hydrogens is 454 g/mol. The van der Waals surface area contributed by atoms with Gasteiger partial charge in [0.25, 0.3) is 17.7 Å². The summed E-state index contributed by atoms with van der Waals surface area (Å²) in [6.45, 7) is -2.20. The Hall–Kier alpha value is -4.35. The number of hydrogen-bond acceptors (Lipinski definition) is 6. The van der Waals surface area contributed by atoms with Crippen LogP contribution in [0.3, 0.4) is 0 Å². The molecule has 0 bridgehead atoms. The second-order valence-electron chi connectivity index (χ2n) is 7.83. The van der Waals surface area contributed by atoms with Gasteiger partial charge in [0.2, 0.25) is 5.91 Å². The number of rotatable bonds is 6. The quantitative estimate of drug-likeness (QED) is 0.489. The second kappa shape index (κ2) is 8.21. The third-order valence-corrected chi connectivity index (χ3v) is 5.61. The van der Waals surface area contributed by atoms with Crippen LogP contribution < -0.4 is 15.4 Å². The van der Waals surface area contributed by atoms with Crippen LogP contribution in [0, 0.1) is 0 Å². The highest BCUT2D eigenvalue weighted by molar-refractivity contribution is 6.21. The van der Waals surface area contributed by atoms with Crippen molar-refractivity contribution in [2.24, 2.45) is 0 Å². The fourth-order valence-electron chi connectivity index (χ4n) is 3.79. The highest BCUT2D eigenvalue weighted by Gasteiger charge is 2.49. The smallest absolute Gasteiger partial charge is 0.387 e. The van der Waals surface area contributed by atoms with Crippen molar-refractivity contribution in [2.45, 2.75) is 19.1 Å². The van der Waals surface area contributed by atoms with E-state index in [1.54, 1.807) is 0 Å². The Balaban J connectivity index is 1.46. The van der Waals surface area contributed by atoms with Crippen molar-refractivity contribution < 1.29 is 37.5 Å². The van der Waals surface area contributed by atoms with E-state index in [1.807, 2.05) is 0 Å². The van der Waals surface area contributed by atoms with Crippen LogP contribution in [-0.2, 0) is 15.1 Å². The zero-order valence-corrected chi connectivity index (χ0v) is 17.9. The highest BCUT2D eigenvalue weighted by Crippen LogP contribution is 2.30. The van der Waals surface area contributed by atoms with E-state index in [-0.39, 0.29) is 22.6 Å². The van der Waals surface area contributed by atoms with E-state index >= 15 is 0 Å². The van der Waals surface area contributed by atoms with Gasteiger partial charge in [-0.2, -0.15) is 8.78 Å². The van der Waals surface area contributed by atoms with E-state index in [0.717, 1.165) is 4.90 Å². The number of fused-ring (bicyclic) bond motifs is 1. The van der Waals surface area contributed by atoms with Crippen LogP contribution in [0.4, 0.5) is 19.3 Å². The highest BCUT2D eigenvalue weighted by atomic mass is 19.3. The minimum Gasteiger partial charge on any atom is -0.435 e. The number of halogens is 2. The molecule has 34 heavy (non-hydrogen) atoms. The zero-order valence-electron chi connectivity index (χ0n) is 17.9. The van der Waals surface area contributed by atoms with Gasteiger partial charge in [-0.25, -0.2) is 4.79 Å². The number of carbonyl (C=O) groups is 5. The van der Waals surface area contributed by atoms with Gasteiger partial charge in [0.05, 0.1) is 11.1 Å². The molecule has 0 radical (unpaired) electrons. The van der Waals surface area contributed by atoms with Crippen LogP contribution >= 0.6 is 0 Å². The molecule has 1 atom stereocenters. The summed E-state index contributed by atoms with van der Waals surface area (Å²) in [5.74, 6) is -2.50. The van der Waals surface area contributed by atoms with Crippen LogP contribution in [-0.4, -0.2) is 59.7 Å². The molecule has 1 unspecified atom stereocenters. The van der Waals surface area contributed by atoms with Crippen molar-refractivity contribution in [3.05, 3.63) is 59.2 Å². The normalized spacial score (nSPS) is 19.6. The van der Waals surface area contributed by atoms with Crippen molar-refractivity contribution in [2.75, 3.05) is 18.9 Å². The van der Waals surface area contributed by atoms with Gasteiger partial charge in [0, 0.05) is 12.7 Å². The number of alkyl halides is 2. The first-order valence-corrected chi connectivity index (χ1v) is 9.97. The Kier molecular flexibility index (Phi) is 5.51. The van der Waals surface area contributed by atoms with Gasteiger partial charge in [-0.05, 0) is 42.8 Å². The van der Waals surface area contributed by atoms with Crippen molar-refractivity contribution >= 4 is 35.3 Å². The van der Waals surface area contributed by atoms with Gasteiger partial charge in [0.1, 0.15) is 17.8 Å². The predicted octanol–water partition coefficient (Wildman–Crippen LogP) is 1.92. The Morgan fingerprint density at radius 2 is 1.71 bits per heavy atom. The van der Waals surface area contributed by atoms with E-state index in [9.17, 15) is 32.8 Å². The van der Waals surface area contributed by atoms with Crippen LogP contribution in [0.2, 0.25) is 0 Å². The van der Waals surface area contributed by atoms with Gasteiger partial charge in [-0.15, -0.1) is 0 Å². The Bertz CT molecular complexity index is 1230. The SMILES string of the molecule is CN1C(=O)c2ccc(NC(=O)CN3C(=O)NC(C)(c4ccc(OC(F)F)cc4)C3=O)cc2C1=O. The molecule has 1 saturated heterocycles. The second-order valence-corrected chi connectivity index (χ2v) is 7.83. The molecule has 2 N–H and O–H groups in total. The Morgan fingerprint density at radius 1 is 1.06 bits per heavy atom. The lowest BCUT2D eigenvalue weighted by Gasteiger charge is -2.22. The molecule has 2 aliphatic heterocycles. The molecule has 2 aliphatic rings. The molecule has 0 spiro atoms. The summed E-state index contributed by atoms with van der Waals surface area (Å²) in [5.41, 5.74) is -0.663. The lowest BCUT2D eigenvalue weighted by Crippen LogP contribution is -2.42. The number of ether oxygens (including phenoxy) is 1. The molecule has 6 amide bonds. The van der Waals surface area contributed by atoms with Crippen LogP contribution in [0.25, 0.3) is 0 Å². The largest absolute Gasteiger partial charge is 0.435 e. The van der Waals surface area contributed by atoms with Crippen molar-refractivity contribution in [3.8, 4) is 5.75 Å². The fourth-order valence-corrected chi connectivity index (χ4v) is 3.79. The molecule has 4 rings (SSSR count). The first kappa shape index (κ1) is 22.8. The van der Waals surface area contributed by atoms with Crippen LogP contribution in [0.5, 0.6) is 5.75 Å². The Morgan fingerprint density at radius 3 is 2.35 bits per heavy atom. The standard InChI is InChI=1S/C22H18F2N4O6/c1-22(11-3-6-13(7-4-11)34-20(23)24)19(32)28(21(33)26-22)10-16(29)25-12-5-8-14-15(9-12)18(31)27(2)17(14)30/h3-9,20H,10H2,1-2H3,(H,25,29)(H,26,33). The predicted molar refractivity (Wildman–Crippen MR) is 112 cm³/mol. The maximum absolute atomic E-state index is 13.0. The van der Waals surface area contributed by atoms with Crippen LogP contribution in [0.1, 0.15) is 33.2 Å². The molecule has 0 aromatic heterocycles. The molecular formula is C22H18F2N4O6. The number of anilines is 1. The third kappa shape index (κ3) is 3.83. The van der Waals surface area contributed by atoms with Crippen molar-refractivity contribution in [1.29, 1.82) is 0 Å². The number of nitrogens with one attached hydrogen (secondary N) is 2. The summed E-state index contributed by atoms with van der Waals surface area (Å²) >= 11 is 0. The van der Waals surface area contributed by atoms with E-state index in [2.05, 4.69) is 15.4 Å². The summed E-state index contributed by atoms with van der Waals surface area (Å²) < 4.78 is 29.0. The molecule has 2 aromatic carbocycles. The summed E-state index contributed by atoms with van der Waals surface area (Å²) in [6, 6.07) is 8.56. The number of amides is 6. The van der Waals surface area contributed by atoms with Crippen molar-refractivity contribution in [1.82, 2.24) is 15.1 Å². The molecule has 2 heterocycles. The van der Waals surface area contributed by atoms with Crippen molar-refractivity contribution in [3.63, 3.8) is 0 Å². The average Bonchev–Trinajstić information content (AvgIpc) is 3.13. The maximum atomic E-state index is 13.0. The minimum atomic E-state index is -3.01. The molecule has 0 aliphatic carbocycles. The molecule has 0 saturated carbocycles. The lowest BCUT2D eigenvalue weighted by atomic mass is 9.92. The lowest BCUT2D eigenvalue weighted by molar-refractivity contribution is -0.133. The van der Waals surface area contributed by atoms with E-state index in [4.69, 9.17) is 0 Å². The molecule has 12 heteroatoms. The monoisotopic (exact) mass is 472 g/mol. The first-order valence-electron chi connectivity index (χ1n) is 9.97. The van der Waals surface area contributed by atoms with Gasteiger partial charge < -0.3 is 15.4 Å². The maximum Gasteiger partial charge on any atom is 0.387 e. The number of nitrogens with zero attached hydrogens (tertiary/aromatic N) is 2. The first-order chi connectivity index (χ1) is 16.0. The summed E-state index contributed by atoms with van der Waals surface area (Å²) in [7, 11) is 1.34. The third-order valence-electron chi connectivity index (χ3n) is 5.61. The topological polar surface area (TPSA) is 125 Å².